The predicted octanol–water partition coefficient (Wildman–Crippen LogP) is 5.97. The molecule has 6 heteroatoms. The van der Waals surface area contributed by atoms with E-state index in [2.05, 4.69) is 0 Å². The highest BCUT2D eigenvalue weighted by Gasteiger charge is 2.41. The predicted molar refractivity (Wildman–Crippen MR) is 108 cm³/mol. The van der Waals surface area contributed by atoms with Crippen molar-refractivity contribution in [3.63, 3.8) is 0 Å². The van der Waals surface area contributed by atoms with E-state index in [4.69, 9.17) is 23.2 Å². The molecule has 144 valence electrons. The smallest absolute Gasteiger partial charge is 0.232 e. The Kier molecular flexibility index (Phi) is 5.02. The molecule has 2 aliphatic rings. The van der Waals surface area contributed by atoms with Crippen LogP contribution in [0.15, 0.2) is 47.7 Å². The summed E-state index contributed by atoms with van der Waals surface area (Å²) in [6, 6.07) is 9.76. The second kappa shape index (κ2) is 7.34. The highest BCUT2D eigenvalue weighted by molar-refractivity contribution is 6.32. The van der Waals surface area contributed by atoms with Gasteiger partial charge in [0.05, 0.1) is 5.69 Å². The highest BCUT2D eigenvalue weighted by atomic mass is 35.5. The number of ketones is 1. The van der Waals surface area contributed by atoms with Crippen molar-refractivity contribution in [2.75, 3.05) is 4.90 Å². The van der Waals surface area contributed by atoms with Crippen LogP contribution in [0.4, 0.5) is 10.1 Å². The van der Waals surface area contributed by atoms with Gasteiger partial charge in [-0.2, -0.15) is 0 Å². The third-order valence-electron chi connectivity index (χ3n) is 5.44. The molecule has 1 atom stereocenters. The van der Waals surface area contributed by atoms with Crippen molar-refractivity contribution in [3.8, 4) is 0 Å². The highest BCUT2D eigenvalue weighted by Crippen LogP contribution is 2.46. The molecule has 3 nitrogen and oxygen atoms in total. The van der Waals surface area contributed by atoms with Crippen molar-refractivity contribution < 1.29 is 14.0 Å². The van der Waals surface area contributed by atoms with Crippen molar-refractivity contribution >= 4 is 40.6 Å². The molecule has 0 aromatic heterocycles. The summed E-state index contributed by atoms with van der Waals surface area (Å²) < 4.78 is 14.6. The number of amides is 1. The summed E-state index contributed by atoms with van der Waals surface area (Å²) in [5, 5.41) is 0.743. The Morgan fingerprint density at radius 1 is 1.11 bits per heavy atom. The van der Waals surface area contributed by atoms with Crippen LogP contribution in [0.1, 0.15) is 42.7 Å². The zero-order valence-electron chi connectivity index (χ0n) is 15.3. The fourth-order valence-electron chi connectivity index (χ4n) is 4.19. The normalized spacial score (nSPS) is 19.9. The van der Waals surface area contributed by atoms with Gasteiger partial charge in [-0.15, -0.1) is 0 Å². The van der Waals surface area contributed by atoms with Crippen molar-refractivity contribution in [1.82, 2.24) is 0 Å². The number of allylic oxidation sites excluding steroid dienone is 2. The standard InChI is InChI=1S/C22H18Cl2FNO2/c1-12-8-9-13(23)10-18(12)26-17-6-3-7-19(27)22(17)14(11-20(26)28)21-15(24)4-2-5-16(21)25/h2,4-5,8-10,14H,3,6-7,11H2,1H3. The van der Waals surface area contributed by atoms with Gasteiger partial charge in [0.15, 0.2) is 5.78 Å². The van der Waals surface area contributed by atoms with Crippen LogP contribution < -0.4 is 4.90 Å². The maximum Gasteiger partial charge on any atom is 0.232 e. The van der Waals surface area contributed by atoms with E-state index in [1.807, 2.05) is 13.0 Å². The Balaban J connectivity index is 1.94. The Labute approximate surface area is 172 Å². The van der Waals surface area contributed by atoms with Crippen LogP contribution >= 0.6 is 23.2 Å². The topological polar surface area (TPSA) is 37.4 Å². The average Bonchev–Trinajstić information content (AvgIpc) is 2.64. The third-order valence-corrected chi connectivity index (χ3v) is 6.00. The van der Waals surface area contributed by atoms with E-state index in [-0.39, 0.29) is 28.7 Å². The van der Waals surface area contributed by atoms with Gasteiger partial charge in [-0.05, 0) is 49.6 Å². The van der Waals surface area contributed by atoms with Gasteiger partial charge in [-0.25, -0.2) is 4.39 Å². The van der Waals surface area contributed by atoms with Crippen LogP contribution in [0, 0.1) is 12.7 Å². The van der Waals surface area contributed by atoms with E-state index < -0.39 is 11.7 Å². The molecule has 0 N–H and O–H groups in total. The third kappa shape index (κ3) is 3.15. The minimum Gasteiger partial charge on any atom is -0.294 e. The van der Waals surface area contributed by atoms with Crippen molar-refractivity contribution in [2.45, 2.75) is 38.5 Å². The lowest BCUT2D eigenvalue weighted by Crippen LogP contribution is -2.41. The molecule has 0 spiro atoms. The second-order valence-electron chi connectivity index (χ2n) is 7.19. The Bertz CT molecular complexity index is 1010. The molecule has 1 aliphatic heterocycles. The van der Waals surface area contributed by atoms with Crippen molar-refractivity contribution in [1.29, 1.82) is 0 Å². The molecule has 0 saturated carbocycles. The Morgan fingerprint density at radius 2 is 1.89 bits per heavy atom. The number of hydrogen-bond acceptors (Lipinski definition) is 2. The van der Waals surface area contributed by atoms with E-state index >= 15 is 0 Å². The largest absolute Gasteiger partial charge is 0.294 e. The fourth-order valence-corrected chi connectivity index (χ4v) is 4.65. The minimum absolute atomic E-state index is 0.0167. The summed E-state index contributed by atoms with van der Waals surface area (Å²) in [5.41, 5.74) is 2.91. The number of halogens is 3. The lowest BCUT2D eigenvalue weighted by Gasteiger charge is -2.39. The SMILES string of the molecule is Cc1ccc(Cl)cc1N1C(=O)CC(c2c(F)cccc2Cl)C2=C1CCCC2=O. The number of rotatable bonds is 2. The lowest BCUT2D eigenvalue weighted by atomic mass is 9.77. The van der Waals surface area contributed by atoms with Crippen LogP contribution in [0.25, 0.3) is 0 Å². The van der Waals surface area contributed by atoms with Gasteiger partial charge in [-0.3, -0.25) is 14.5 Å². The number of aryl methyl sites for hydroxylation is 1. The second-order valence-corrected chi connectivity index (χ2v) is 8.03. The van der Waals surface area contributed by atoms with Crippen LogP contribution in [-0.2, 0) is 9.59 Å². The van der Waals surface area contributed by atoms with Crippen LogP contribution in [-0.4, -0.2) is 11.7 Å². The molecule has 1 heterocycles. The molecule has 0 bridgehead atoms. The molecule has 4 rings (SSSR count). The number of benzene rings is 2. The van der Waals surface area contributed by atoms with Gasteiger partial charge in [0.25, 0.3) is 0 Å². The van der Waals surface area contributed by atoms with Gasteiger partial charge in [-0.1, -0.05) is 35.3 Å². The first-order chi connectivity index (χ1) is 13.4. The number of hydrogen-bond donors (Lipinski definition) is 0. The van der Waals surface area contributed by atoms with Crippen molar-refractivity contribution in [2.24, 2.45) is 0 Å². The first-order valence-corrected chi connectivity index (χ1v) is 9.93. The van der Waals surface area contributed by atoms with E-state index in [0.29, 0.717) is 41.2 Å². The van der Waals surface area contributed by atoms with Gasteiger partial charge in [0.2, 0.25) is 5.91 Å². The Hall–Kier alpha value is -2.17. The van der Waals surface area contributed by atoms with E-state index in [1.165, 1.54) is 12.1 Å². The zero-order chi connectivity index (χ0) is 20.0. The molecule has 2 aromatic carbocycles. The van der Waals surface area contributed by atoms with Gasteiger partial charge in [0.1, 0.15) is 5.82 Å². The lowest BCUT2D eigenvalue weighted by molar-refractivity contribution is -0.119. The number of nitrogens with zero attached hydrogens (tertiary/aromatic N) is 1. The molecule has 0 fully saturated rings. The number of anilines is 1. The monoisotopic (exact) mass is 417 g/mol. The fraction of sp³-hybridized carbons (Fsp3) is 0.273. The van der Waals surface area contributed by atoms with Crippen LogP contribution in [0.3, 0.4) is 0 Å². The van der Waals surface area contributed by atoms with E-state index in [0.717, 1.165) is 5.56 Å². The van der Waals surface area contributed by atoms with Gasteiger partial charge >= 0.3 is 0 Å². The van der Waals surface area contributed by atoms with Gasteiger partial charge in [0, 0.05) is 45.6 Å². The van der Waals surface area contributed by atoms with E-state index in [9.17, 15) is 14.0 Å². The average molecular weight is 418 g/mol. The quantitative estimate of drug-likeness (QED) is 0.603. The molecular weight excluding hydrogens is 400 g/mol. The van der Waals surface area contributed by atoms with Crippen LogP contribution in [0.2, 0.25) is 10.0 Å². The summed E-state index contributed by atoms with van der Waals surface area (Å²) in [7, 11) is 0. The summed E-state index contributed by atoms with van der Waals surface area (Å²) in [4.78, 5) is 27.7. The summed E-state index contributed by atoms with van der Waals surface area (Å²) in [5.74, 6) is -1.41. The maximum atomic E-state index is 14.6. The molecular formula is C22H18Cl2FNO2. The summed E-state index contributed by atoms with van der Waals surface area (Å²) in [6.45, 7) is 1.89. The molecule has 0 saturated heterocycles. The molecule has 1 amide bonds. The number of carbonyl (C=O) groups excluding carboxylic acids is 2. The van der Waals surface area contributed by atoms with E-state index in [1.54, 1.807) is 23.1 Å². The molecule has 0 radical (unpaired) electrons. The van der Waals surface area contributed by atoms with Crippen molar-refractivity contribution in [3.05, 3.63) is 74.7 Å². The molecule has 28 heavy (non-hydrogen) atoms. The summed E-state index contributed by atoms with van der Waals surface area (Å²) in [6.07, 6.45) is 1.59. The summed E-state index contributed by atoms with van der Waals surface area (Å²) >= 11 is 12.4. The number of carbonyl (C=O) groups is 2. The zero-order valence-corrected chi connectivity index (χ0v) is 16.8. The van der Waals surface area contributed by atoms with Gasteiger partial charge < -0.3 is 0 Å². The molecule has 2 aromatic rings. The first-order valence-electron chi connectivity index (χ1n) is 9.17. The Morgan fingerprint density at radius 3 is 2.64 bits per heavy atom. The minimum atomic E-state index is -0.667. The van der Waals surface area contributed by atoms with Crippen LogP contribution in [0.5, 0.6) is 0 Å². The molecule has 1 aliphatic carbocycles. The first kappa shape index (κ1) is 19.2. The number of Topliss-reactive ketones (excluding diaryl/α,β-unsaturated/α-hetero) is 1. The maximum absolute atomic E-state index is 14.6. The molecule has 1 unspecified atom stereocenters.